The van der Waals surface area contributed by atoms with Crippen LogP contribution in [0.1, 0.15) is 32.1 Å². The third-order valence-electron chi connectivity index (χ3n) is 3.39. The Morgan fingerprint density at radius 3 is 2.53 bits per heavy atom. The predicted octanol–water partition coefficient (Wildman–Crippen LogP) is 1.82. The Morgan fingerprint density at radius 2 is 2.00 bits per heavy atom. The second kappa shape index (κ2) is 7.20. The molecular weight excluding hydrogens is 190 g/mol. The van der Waals surface area contributed by atoms with Gasteiger partial charge in [-0.1, -0.05) is 6.42 Å². The molecule has 3 nitrogen and oxygen atoms in total. The third-order valence-corrected chi connectivity index (χ3v) is 3.39. The standard InChI is InChI=1S/C12H25NO2/c1-13-11-12(5-3-6-12)7-4-8-15-10-9-14-2/h13H,3-11H2,1-2H3. The van der Waals surface area contributed by atoms with E-state index in [1.54, 1.807) is 7.11 Å². The van der Waals surface area contributed by atoms with Crippen molar-refractivity contribution in [2.75, 3.05) is 40.5 Å². The van der Waals surface area contributed by atoms with Crippen LogP contribution < -0.4 is 5.32 Å². The molecule has 0 atom stereocenters. The molecule has 1 rings (SSSR count). The average Bonchev–Trinajstić information content (AvgIpc) is 2.19. The molecule has 90 valence electrons. The fourth-order valence-electron chi connectivity index (χ4n) is 2.36. The predicted molar refractivity (Wildman–Crippen MR) is 62.1 cm³/mol. The van der Waals surface area contributed by atoms with Gasteiger partial charge in [-0.3, -0.25) is 0 Å². The molecule has 3 heteroatoms. The maximum Gasteiger partial charge on any atom is 0.0700 e. The van der Waals surface area contributed by atoms with Gasteiger partial charge < -0.3 is 14.8 Å². The Kier molecular flexibility index (Phi) is 6.22. The molecule has 0 saturated heterocycles. The number of nitrogens with one attached hydrogen (secondary N) is 1. The van der Waals surface area contributed by atoms with E-state index >= 15 is 0 Å². The van der Waals surface area contributed by atoms with E-state index < -0.39 is 0 Å². The van der Waals surface area contributed by atoms with Gasteiger partial charge in [0.25, 0.3) is 0 Å². The molecule has 0 amide bonds. The summed E-state index contributed by atoms with van der Waals surface area (Å²) in [4.78, 5) is 0. The molecule has 0 aromatic rings. The molecule has 0 heterocycles. The van der Waals surface area contributed by atoms with Crippen LogP contribution in [0, 0.1) is 5.41 Å². The van der Waals surface area contributed by atoms with E-state index in [4.69, 9.17) is 9.47 Å². The molecular formula is C12H25NO2. The number of methoxy groups -OCH3 is 1. The Labute approximate surface area is 93.5 Å². The van der Waals surface area contributed by atoms with Crippen molar-refractivity contribution in [3.8, 4) is 0 Å². The lowest BCUT2D eigenvalue weighted by molar-refractivity contribution is 0.0524. The van der Waals surface area contributed by atoms with Crippen molar-refractivity contribution in [3.63, 3.8) is 0 Å². The van der Waals surface area contributed by atoms with Gasteiger partial charge in [0, 0.05) is 20.3 Å². The zero-order chi connectivity index (χ0) is 11.0. The fraction of sp³-hybridized carbons (Fsp3) is 1.00. The topological polar surface area (TPSA) is 30.5 Å². The van der Waals surface area contributed by atoms with Crippen molar-refractivity contribution in [2.45, 2.75) is 32.1 Å². The van der Waals surface area contributed by atoms with Gasteiger partial charge in [0.2, 0.25) is 0 Å². The summed E-state index contributed by atoms with van der Waals surface area (Å²) in [6.45, 7) is 3.50. The molecule has 0 spiro atoms. The zero-order valence-corrected chi connectivity index (χ0v) is 10.2. The number of ether oxygens (including phenoxy) is 2. The van der Waals surface area contributed by atoms with Gasteiger partial charge in [-0.15, -0.1) is 0 Å². The highest BCUT2D eigenvalue weighted by atomic mass is 16.5. The molecule has 1 fully saturated rings. The maximum absolute atomic E-state index is 5.47. The zero-order valence-electron chi connectivity index (χ0n) is 10.2. The number of hydrogen-bond acceptors (Lipinski definition) is 3. The van der Waals surface area contributed by atoms with E-state index in [9.17, 15) is 0 Å². The van der Waals surface area contributed by atoms with Crippen molar-refractivity contribution in [2.24, 2.45) is 5.41 Å². The molecule has 1 aliphatic carbocycles. The highest BCUT2D eigenvalue weighted by Crippen LogP contribution is 2.44. The highest BCUT2D eigenvalue weighted by molar-refractivity contribution is 4.88. The van der Waals surface area contributed by atoms with Gasteiger partial charge in [-0.25, -0.2) is 0 Å². The van der Waals surface area contributed by atoms with Gasteiger partial charge in [0.05, 0.1) is 13.2 Å². The second-order valence-electron chi connectivity index (χ2n) is 4.59. The molecule has 1 aliphatic rings. The van der Waals surface area contributed by atoms with Gasteiger partial charge >= 0.3 is 0 Å². The summed E-state index contributed by atoms with van der Waals surface area (Å²) in [5.74, 6) is 0. The van der Waals surface area contributed by atoms with Crippen LogP contribution in [0.4, 0.5) is 0 Å². The lowest BCUT2D eigenvalue weighted by atomic mass is 9.66. The number of rotatable bonds is 9. The number of hydrogen-bond donors (Lipinski definition) is 1. The molecule has 0 aliphatic heterocycles. The highest BCUT2D eigenvalue weighted by Gasteiger charge is 2.35. The minimum Gasteiger partial charge on any atom is -0.382 e. The Hall–Kier alpha value is -0.120. The molecule has 0 radical (unpaired) electrons. The first-order valence-electron chi connectivity index (χ1n) is 6.04. The molecule has 0 bridgehead atoms. The lowest BCUT2D eigenvalue weighted by Gasteiger charge is -2.42. The van der Waals surface area contributed by atoms with Crippen LogP contribution in [0.5, 0.6) is 0 Å². The first kappa shape index (κ1) is 12.9. The van der Waals surface area contributed by atoms with E-state index in [1.165, 1.54) is 38.6 Å². The molecule has 1 N–H and O–H groups in total. The van der Waals surface area contributed by atoms with Crippen molar-refractivity contribution < 1.29 is 9.47 Å². The Balaban J connectivity index is 1.98. The van der Waals surface area contributed by atoms with Crippen molar-refractivity contribution in [1.29, 1.82) is 0 Å². The monoisotopic (exact) mass is 215 g/mol. The minimum atomic E-state index is 0.597. The molecule has 0 unspecified atom stereocenters. The quantitative estimate of drug-likeness (QED) is 0.595. The summed E-state index contributed by atoms with van der Waals surface area (Å²) in [5, 5.41) is 3.31. The van der Waals surface area contributed by atoms with Crippen LogP contribution >= 0.6 is 0 Å². The summed E-state index contributed by atoms with van der Waals surface area (Å²) in [6.07, 6.45) is 6.69. The average molecular weight is 215 g/mol. The van der Waals surface area contributed by atoms with Crippen molar-refractivity contribution in [1.82, 2.24) is 5.32 Å². The van der Waals surface area contributed by atoms with E-state index in [2.05, 4.69) is 12.4 Å². The van der Waals surface area contributed by atoms with E-state index in [0.29, 0.717) is 12.0 Å². The van der Waals surface area contributed by atoms with E-state index in [-0.39, 0.29) is 0 Å². The first-order valence-corrected chi connectivity index (χ1v) is 6.04. The van der Waals surface area contributed by atoms with Crippen LogP contribution in [0.2, 0.25) is 0 Å². The SMILES string of the molecule is CNCC1(CCCOCCOC)CCC1. The molecule has 15 heavy (non-hydrogen) atoms. The Bertz CT molecular complexity index is 158. The summed E-state index contributed by atoms with van der Waals surface area (Å²) < 4.78 is 10.4. The van der Waals surface area contributed by atoms with Crippen LogP contribution in [-0.4, -0.2) is 40.5 Å². The van der Waals surface area contributed by atoms with Crippen molar-refractivity contribution in [3.05, 3.63) is 0 Å². The minimum absolute atomic E-state index is 0.597. The van der Waals surface area contributed by atoms with E-state index in [0.717, 1.165) is 13.2 Å². The normalized spacial score (nSPS) is 18.8. The maximum atomic E-state index is 5.47. The van der Waals surface area contributed by atoms with Gasteiger partial charge in [-0.2, -0.15) is 0 Å². The first-order chi connectivity index (χ1) is 7.33. The van der Waals surface area contributed by atoms with Crippen LogP contribution in [0.15, 0.2) is 0 Å². The smallest absolute Gasteiger partial charge is 0.0700 e. The molecule has 0 aromatic heterocycles. The molecule has 0 aromatic carbocycles. The molecule has 1 saturated carbocycles. The lowest BCUT2D eigenvalue weighted by Crippen LogP contribution is -2.38. The second-order valence-corrected chi connectivity index (χ2v) is 4.59. The largest absolute Gasteiger partial charge is 0.382 e. The summed E-state index contributed by atoms with van der Waals surface area (Å²) in [7, 11) is 3.76. The summed E-state index contributed by atoms with van der Waals surface area (Å²) >= 11 is 0. The Morgan fingerprint density at radius 1 is 1.20 bits per heavy atom. The van der Waals surface area contributed by atoms with Gasteiger partial charge in [-0.05, 0) is 38.1 Å². The van der Waals surface area contributed by atoms with Crippen molar-refractivity contribution >= 4 is 0 Å². The third kappa shape index (κ3) is 4.49. The fourth-order valence-corrected chi connectivity index (χ4v) is 2.36. The van der Waals surface area contributed by atoms with Crippen LogP contribution in [-0.2, 0) is 9.47 Å². The van der Waals surface area contributed by atoms with Gasteiger partial charge in [0.1, 0.15) is 0 Å². The van der Waals surface area contributed by atoms with Crippen LogP contribution in [0.3, 0.4) is 0 Å². The summed E-state index contributed by atoms with van der Waals surface area (Å²) in [5.41, 5.74) is 0.597. The van der Waals surface area contributed by atoms with Crippen LogP contribution in [0.25, 0.3) is 0 Å². The van der Waals surface area contributed by atoms with Gasteiger partial charge in [0.15, 0.2) is 0 Å². The summed E-state index contributed by atoms with van der Waals surface area (Å²) in [6, 6.07) is 0. The van der Waals surface area contributed by atoms with E-state index in [1.807, 2.05) is 0 Å².